The third-order valence-electron chi connectivity index (χ3n) is 4.26. The number of hydrogen-bond donors (Lipinski definition) is 0. The SMILES string of the molecule is CC(=O)N1CCN(C(=O)C(C)OC(=O)CCC(=O)c2ccc(C)s2)CC1. The summed E-state index contributed by atoms with van der Waals surface area (Å²) >= 11 is 1.40. The van der Waals surface area contributed by atoms with Crippen LogP contribution in [0.5, 0.6) is 0 Å². The summed E-state index contributed by atoms with van der Waals surface area (Å²) in [6.45, 7) is 6.77. The van der Waals surface area contributed by atoms with Crippen LogP contribution in [-0.4, -0.2) is 65.6 Å². The topological polar surface area (TPSA) is 84.0 Å². The Morgan fingerprint density at radius 3 is 2.23 bits per heavy atom. The molecule has 1 aliphatic rings. The van der Waals surface area contributed by atoms with Gasteiger partial charge in [-0.05, 0) is 26.0 Å². The number of carbonyl (C=O) groups is 4. The number of amides is 2. The number of piperazine rings is 1. The van der Waals surface area contributed by atoms with Crippen LogP contribution in [0.3, 0.4) is 0 Å². The maximum atomic E-state index is 12.4. The Labute approximate surface area is 156 Å². The lowest BCUT2D eigenvalue weighted by Crippen LogP contribution is -2.52. The minimum Gasteiger partial charge on any atom is -0.453 e. The number of nitrogens with zero attached hydrogens (tertiary/aromatic N) is 2. The zero-order valence-electron chi connectivity index (χ0n) is 15.3. The number of hydrogen-bond acceptors (Lipinski definition) is 6. The van der Waals surface area contributed by atoms with E-state index in [1.54, 1.807) is 15.9 Å². The Hall–Kier alpha value is -2.22. The van der Waals surface area contributed by atoms with E-state index in [1.165, 1.54) is 25.2 Å². The Balaban J connectivity index is 1.75. The molecule has 1 aromatic heterocycles. The molecule has 2 amide bonds. The number of thiophene rings is 1. The van der Waals surface area contributed by atoms with Gasteiger partial charge in [-0.15, -0.1) is 11.3 Å². The summed E-state index contributed by atoms with van der Waals surface area (Å²) < 4.78 is 5.17. The van der Waals surface area contributed by atoms with Gasteiger partial charge in [-0.3, -0.25) is 19.2 Å². The van der Waals surface area contributed by atoms with Crippen LogP contribution in [0.2, 0.25) is 0 Å². The van der Waals surface area contributed by atoms with Crippen molar-refractivity contribution in [3.8, 4) is 0 Å². The summed E-state index contributed by atoms with van der Waals surface area (Å²) in [6, 6.07) is 3.61. The molecule has 1 atom stereocenters. The van der Waals surface area contributed by atoms with Gasteiger partial charge in [0.1, 0.15) is 0 Å². The molecule has 1 saturated heterocycles. The molecule has 0 aliphatic carbocycles. The molecule has 142 valence electrons. The summed E-state index contributed by atoms with van der Waals surface area (Å²) in [5.41, 5.74) is 0. The fraction of sp³-hybridized carbons (Fsp3) is 0.556. The number of carbonyl (C=O) groups excluding carboxylic acids is 4. The second kappa shape index (κ2) is 8.93. The lowest BCUT2D eigenvalue weighted by molar-refractivity contribution is -0.160. The molecule has 1 fully saturated rings. The molecule has 2 rings (SSSR count). The molecule has 7 nitrogen and oxygen atoms in total. The molecule has 2 heterocycles. The van der Waals surface area contributed by atoms with Crippen LogP contribution in [0.4, 0.5) is 0 Å². The molecule has 0 N–H and O–H groups in total. The second-order valence-corrected chi connectivity index (χ2v) is 7.58. The zero-order valence-corrected chi connectivity index (χ0v) is 16.1. The van der Waals surface area contributed by atoms with Crippen LogP contribution < -0.4 is 0 Å². The van der Waals surface area contributed by atoms with Crippen molar-refractivity contribution in [2.45, 2.75) is 39.7 Å². The maximum Gasteiger partial charge on any atom is 0.307 e. The van der Waals surface area contributed by atoms with Crippen LogP contribution in [0.15, 0.2) is 12.1 Å². The van der Waals surface area contributed by atoms with Gasteiger partial charge in [0.2, 0.25) is 5.91 Å². The lowest BCUT2D eigenvalue weighted by atomic mass is 10.2. The standard InChI is InChI=1S/C18H24N2O5S/c1-12-4-6-16(26-12)15(22)5-7-17(23)25-13(2)18(24)20-10-8-19(9-11-20)14(3)21/h4,6,13H,5,7-11H2,1-3H3. The van der Waals surface area contributed by atoms with E-state index in [0.717, 1.165) is 4.88 Å². The molecule has 0 bridgehead atoms. The molecule has 0 radical (unpaired) electrons. The third kappa shape index (κ3) is 5.39. The van der Waals surface area contributed by atoms with Gasteiger partial charge in [-0.2, -0.15) is 0 Å². The van der Waals surface area contributed by atoms with Crippen LogP contribution in [0, 0.1) is 6.92 Å². The quantitative estimate of drug-likeness (QED) is 0.553. The van der Waals surface area contributed by atoms with E-state index in [9.17, 15) is 19.2 Å². The van der Waals surface area contributed by atoms with Gasteiger partial charge in [-0.25, -0.2) is 0 Å². The Bertz CT molecular complexity index is 692. The molecule has 0 aromatic carbocycles. The van der Waals surface area contributed by atoms with Gasteiger partial charge < -0.3 is 14.5 Å². The first-order chi connectivity index (χ1) is 12.3. The summed E-state index contributed by atoms with van der Waals surface area (Å²) in [7, 11) is 0. The van der Waals surface area contributed by atoms with Gasteiger partial charge in [0, 0.05) is 44.4 Å². The average Bonchev–Trinajstić information content (AvgIpc) is 3.05. The highest BCUT2D eigenvalue weighted by molar-refractivity contribution is 7.14. The molecule has 0 spiro atoms. The number of ketones is 1. The first-order valence-electron chi connectivity index (χ1n) is 8.61. The Morgan fingerprint density at radius 1 is 1.08 bits per heavy atom. The van der Waals surface area contributed by atoms with Crippen molar-refractivity contribution < 1.29 is 23.9 Å². The van der Waals surface area contributed by atoms with Crippen LogP contribution in [-0.2, 0) is 19.1 Å². The summed E-state index contributed by atoms with van der Waals surface area (Å²) in [5.74, 6) is -0.946. The molecule has 8 heteroatoms. The third-order valence-corrected chi connectivity index (χ3v) is 5.31. The monoisotopic (exact) mass is 380 g/mol. The van der Waals surface area contributed by atoms with Gasteiger partial charge in [-0.1, -0.05) is 0 Å². The zero-order chi connectivity index (χ0) is 19.3. The molecular formula is C18H24N2O5S. The first kappa shape index (κ1) is 20.1. The fourth-order valence-electron chi connectivity index (χ4n) is 2.73. The molecule has 0 saturated carbocycles. The van der Waals surface area contributed by atoms with E-state index in [1.807, 2.05) is 13.0 Å². The van der Waals surface area contributed by atoms with Crippen LogP contribution in [0.25, 0.3) is 0 Å². The maximum absolute atomic E-state index is 12.4. The number of ether oxygens (including phenoxy) is 1. The second-order valence-electron chi connectivity index (χ2n) is 6.30. The Kier molecular flexibility index (Phi) is 6.90. The van der Waals surface area contributed by atoms with Gasteiger partial charge >= 0.3 is 5.97 Å². The number of aryl methyl sites for hydroxylation is 1. The van der Waals surface area contributed by atoms with Crippen molar-refractivity contribution in [1.82, 2.24) is 9.80 Å². The highest BCUT2D eigenvalue weighted by Gasteiger charge is 2.27. The minimum atomic E-state index is -0.898. The van der Waals surface area contributed by atoms with Crippen molar-refractivity contribution in [1.29, 1.82) is 0 Å². The van der Waals surface area contributed by atoms with E-state index in [0.29, 0.717) is 31.1 Å². The summed E-state index contributed by atoms with van der Waals surface area (Å²) in [6.07, 6.45) is -0.881. The molecular weight excluding hydrogens is 356 g/mol. The van der Waals surface area contributed by atoms with Crippen molar-refractivity contribution >= 4 is 34.9 Å². The van der Waals surface area contributed by atoms with E-state index in [-0.39, 0.29) is 30.4 Å². The molecule has 1 aliphatic heterocycles. The van der Waals surface area contributed by atoms with Crippen molar-refractivity contribution in [2.75, 3.05) is 26.2 Å². The minimum absolute atomic E-state index is 0.0119. The Morgan fingerprint density at radius 2 is 1.69 bits per heavy atom. The highest BCUT2D eigenvalue weighted by Crippen LogP contribution is 2.17. The van der Waals surface area contributed by atoms with Crippen LogP contribution in [0.1, 0.15) is 41.2 Å². The van der Waals surface area contributed by atoms with E-state index >= 15 is 0 Å². The van der Waals surface area contributed by atoms with E-state index < -0.39 is 12.1 Å². The van der Waals surface area contributed by atoms with E-state index in [4.69, 9.17) is 4.74 Å². The summed E-state index contributed by atoms with van der Waals surface area (Å²) in [5, 5.41) is 0. The van der Waals surface area contributed by atoms with Crippen molar-refractivity contribution in [2.24, 2.45) is 0 Å². The number of Topliss-reactive ketones (excluding diaryl/α,β-unsaturated/α-hetero) is 1. The molecule has 26 heavy (non-hydrogen) atoms. The van der Waals surface area contributed by atoms with Gasteiger partial charge in [0.15, 0.2) is 11.9 Å². The lowest BCUT2D eigenvalue weighted by Gasteiger charge is -2.35. The van der Waals surface area contributed by atoms with E-state index in [2.05, 4.69) is 0 Å². The predicted octanol–water partition coefficient (Wildman–Crippen LogP) is 1.64. The van der Waals surface area contributed by atoms with Crippen molar-refractivity contribution in [3.05, 3.63) is 21.9 Å². The average molecular weight is 380 g/mol. The number of esters is 1. The molecule has 1 aromatic rings. The molecule has 1 unspecified atom stereocenters. The normalized spacial score (nSPS) is 15.5. The summed E-state index contributed by atoms with van der Waals surface area (Å²) in [4.78, 5) is 52.5. The van der Waals surface area contributed by atoms with Gasteiger partial charge in [0.25, 0.3) is 5.91 Å². The largest absolute Gasteiger partial charge is 0.453 e. The van der Waals surface area contributed by atoms with Crippen LogP contribution >= 0.6 is 11.3 Å². The smallest absolute Gasteiger partial charge is 0.307 e. The fourth-order valence-corrected chi connectivity index (χ4v) is 3.56. The van der Waals surface area contributed by atoms with Gasteiger partial charge in [0.05, 0.1) is 11.3 Å². The highest BCUT2D eigenvalue weighted by atomic mass is 32.1. The van der Waals surface area contributed by atoms with Crippen molar-refractivity contribution in [3.63, 3.8) is 0 Å². The predicted molar refractivity (Wildman–Crippen MR) is 97.0 cm³/mol. The first-order valence-corrected chi connectivity index (χ1v) is 9.43. The number of rotatable bonds is 6.